The summed E-state index contributed by atoms with van der Waals surface area (Å²) in [5.74, 6) is 2.32. The van der Waals surface area contributed by atoms with E-state index in [1.165, 1.54) is 25.7 Å². The first-order valence-corrected chi connectivity index (χ1v) is 11.1. The average molecular weight is 282 g/mol. The van der Waals surface area contributed by atoms with Crippen LogP contribution in [0.5, 0.6) is 0 Å². The minimum Gasteiger partial charge on any atom is -0.432 e. The molecule has 1 N–H and O–H groups in total. The molecule has 110 valence electrons. The highest BCUT2D eigenvalue weighted by Gasteiger charge is 2.45. The van der Waals surface area contributed by atoms with Gasteiger partial charge in [0, 0.05) is 11.8 Å². The van der Waals surface area contributed by atoms with Gasteiger partial charge in [0.2, 0.25) is 0 Å². The predicted octanol–water partition coefficient (Wildman–Crippen LogP) is 4.00. The van der Waals surface area contributed by atoms with Crippen LogP contribution in [0.25, 0.3) is 0 Å². The van der Waals surface area contributed by atoms with Crippen LogP contribution in [0.1, 0.15) is 52.4 Å². The van der Waals surface area contributed by atoms with Crippen molar-refractivity contribution in [3.8, 4) is 0 Å². The van der Waals surface area contributed by atoms with Crippen LogP contribution in [0.3, 0.4) is 0 Å². The number of fused-ring (bicyclic) bond motifs is 1. The highest BCUT2D eigenvalue weighted by molar-refractivity contribution is 6.71. The van der Waals surface area contributed by atoms with Crippen LogP contribution in [0.2, 0.25) is 18.6 Å². The molecule has 4 atom stereocenters. The highest BCUT2D eigenvalue weighted by Crippen LogP contribution is 2.51. The Labute approximate surface area is 119 Å². The Bertz CT molecular complexity index is 332. The zero-order valence-electron chi connectivity index (χ0n) is 13.0. The maximum Gasteiger partial charge on any atom is 0.185 e. The van der Waals surface area contributed by atoms with Gasteiger partial charge in [-0.1, -0.05) is 33.1 Å². The normalized spacial score (nSPS) is 36.1. The summed E-state index contributed by atoms with van der Waals surface area (Å²) in [7, 11) is -2.07. The molecule has 0 spiro atoms. The third-order valence-electron chi connectivity index (χ3n) is 5.53. The van der Waals surface area contributed by atoms with Crippen molar-refractivity contribution in [2.75, 3.05) is 0 Å². The highest BCUT2D eigenvalue weighted by atomic mass is 28.4. The van der Waals surface area contributed by atoms with Crippen molar-refractivity contribution < 1.29 is 9.59 Å². The van der Waals surface area contributed by atoms with Gasteiger partial charge in [-0.05, 0) is 49.7 Å². The van der Waals surface area contributed by atoms with Crippen LogP contribution in [0, 0.1) is 23.7 Å². The van der Waals surface area contributed by atoms with Crippen LogP contribution in [-0.4, -0.2) is 18.9 Å². The summed E-state index contributed by atoms with van der Waals surface area (Å²) in [5, 5.41) is 0. The molecule has 0 heterocycles. The van der Waals surface area contributed by atoms with Crippen molar-refractivity contribution in [3.05, 3.63) is 0 Å². The van der Waals surface area contributed by atoms with E-state index < -0.39 is 8.32 Å². The summed E-state index contributed by atoms with van der Waals surface area (Å²) < 4.78 is 0. The lowest BCUT2D eigenvalue weighted by Gasteiger charge is -2.47. The molecule has 0 amide bonds. The summed E-state index contributed by atoms with van der Waals surface area (Å²) in [6, 6.07) is 0. The van der Waals surface area contributed by atoms with E-state index in [2.05, 4.69) is 13.1 Å². The second kappa shape index (κ2) is 5.69. The first-order valence-electron chi connectivity index (χ1n) is 8.06. The van der Waals surface area contributed by atoms with Gasteiger partial charge in [0.25, 0.3) is 0 Å². The first kappa shape index (κ1) is 15.2. The number of Topliss-reactive ketones (excluding diaryl/α,β-unsaturated/α-hetero) is 1. The summed E-state index contributed by atoms with van der Waals surface area (Å²) in [6.45, 7) is 8.23. The van der Waals surface area contributed by atoms with Crippen molar-refractivity contribution in [2.45, 2.75) is 71.0 Å². The number of carbonyl (C=O) groups is 1. The molecule has 0 saturated heterocycles. The smallest absolute Gasteiger partial charge is 0.185 e. The summed E-state index contributed by atoms with van der Waals surface area (Å²) in [4.78, 5) is 22.8. The topological polar surface area (TPSA) is 37.3 Å². The van der Waals surface area contributed by atoms with Crippen molar-refractivity contribution >= 4 is 14.1 Å². The van der Waals surface area contributed by atoms with E-state index in [0.29, 0.717) is 17.2 Å². The molecule has 0 radical (unpaired) electrons. The van der Waals surface area contributed by atoms with Crippen molar-refractivity contribution in [3.63, 3.8) is 0 Å². The van der Waals surface area contributed by atoms with Crippen LogP contribution in [0.15, 0.2) is 0 Å². The summed E-state index contributed by atoms with van der Waals surface area (Å²) in [6.07, 6.45) is 7.18. The van der Waals surface area contributed by atoms with Gasteiger partial charge in [0.1, 0.15) is 5.78 Å². The van der Waals surface area contributed by atoms with Gasteiger partial charge in [-0.2, -0.15) is 0 Å². The van der Waals surface area contributed by atoms with Gasteiger partial charge in [0.15, 0.2) is 8.32 Å². The largest absolute Gasteiger partial charge is 0.432 e. The number of hydrogen-bond donors (Lipinski definition) is 1. The lowest BCUT2D eigenvalue weighted by molar-refractivity contribution is -0.128. The molecule has 0 aromatic rings. The molecule has 2 aliphatic rings. The second-order valence-corrected chi connectivity index (χ2v) is 11.7. The Morgan fingerprint density at radius 2 is 1.84 bits per heavy atom. The van der Waals surface area contributed by atoms with Crippen molar-refractivity contribution in [1.29, 1.82) is 0 Å². The minimum atomic E-state index is -2.07. The molecule has 2 rings (SSSR count). The number of carbonyl (C=O) groups excluding carboxylic acids is 1. The van der Waals surface area contributed by atoms with Crippen LogP contribution >= 0.6 is 0 Å². The van der Waals surface area contributed by atoms with Crippen LogP contribution < -0.4 is 0 Å². The quantitative estimate of drug-likeness (QED) is 0.795. The lowest BCUT2D eigenvalue weighted by Crippen LogP contribution is -2.44. The standard InChI is InChI=1S/C16H30O2Si/c1-11(2)16(17)13-9-8-12-6-5-7-15(14(12)10-13)19(3,4)18/h11-15,18H,5-10H2,1-4H3. The maximum absolute atomic E-state index is 12.3. The van der Waals surface area contributed by atoms with E-state index in [9.17, 15) is 9.59 Å². The fourth-order valence-corrected chi connectivity index (χ4v) is 6.91. The number of ketones is 1. The average Bonchev–Trinajstić information content (AvgIpc) is 2.35. The predicted molar refractivity (Wildman–Crippen MR) is 81.5 cm³/mol. The first-order chi connectivity index (χ1) is 8.80. The Balaban J connectivity index is 2.11. The second-order valence-electron chi connectivity index (χ2n) is 7.68. The van der Waals surface area contributed by atoms with E-state index in [1.54, 1.807) is 0 Å². The van der Waals surface area contributed by atoms with E-state index in [4.69, 9.17) is 0 Å². The lowest BCUT2D eigenvalue weighted by atomic mass is 9.65. The van der Waals surface area contributed by atoms with E-state index in [0.717, 1.165) is 18.8 Å². The molecule has 2 aliphatic carbocycles. The zero-order valence-corrected chi connectivity index (χ0v) is 14.0. The van der Waals surface area contributed by atoms with Crippen molar-refractivity contribution in [1.82, 2.24) is 0 Å². The molecule has 0 bridgehead atoms. The monoisotopic (exact) mass is 282 g/mol. The van der Waals surface area contributed by atoms with Crippen LogP contribution in [-0.2, 0) is 4.79 Å². The van der Waals surface area contributed by atoms with E-state index >= 15 is 0 Å². The fraction of sp³-hybridized carbons (Fsp3) is 0.938. The van der Waals surface area contributed by atoms with Gasteiger partial charge in [-0.3, -0.25) is 4.79 Å². The number of hydrogen-bond acceptors (Lipinski definition) is 2. The Kier molecular flexibility index (Phi) is 4.56. The molecule has 2 saturated carbocycles. The van der Waals surface area contributed by atoms with Gasteiger partial charge < -0.3 is 4.80 Å². The molecule has 4 unspecified atom stereocenters. The molecule has 2 fully saturated rings. The van der Waals surface area contributed by atoms with Gasteiger partial charge >= 0.3 is 0 Å². The summed E-state index contributed by atoms with van der Waals surface area (Å²) >= 11 is 0. The Morgan fingerprint density at radius 1 is 1.16 bits per heavy atom. The Hall–Kier alpha value is -0.153. The van der Waals surface area contributed by atoms with Crippen LogP contribution in [0.4, 0.5) is 0 Å². The van der Waals surface area contributed by atoms with Gasteiger partial charge in [-0.15, -0.1) is 0 Å². The zero-order chi connectivity index (χ0) is 14.2. The minimum absolute atomic E-state index is 0.169. The number of rotatable bonds is 3. The Morgan fingerprint density at radius 3 is 2.42 bits per heavy atom. The van der Waals surface area contributed by atoms with Crippen molar-refractivity contribution in [2.24, 2.45) is 23.7 Å². The summed E-state index contributed by atoms with van der Waals surface area (Å²) in [5.41, 5.74) is 0.522. The van der Waals surface area contributed by atoms with E-state index in [1.807, 2.05) is 13.8 Å². The molecule has 19 heavy (non-hydrogen) atoms. The molecule has 0 aromatic carbocycles. The SMILES string of the molecule is CC(C)C(=O)C1CCC2CCCC([Si](C)(C)O)C2C1. The third-order valence-corrected chi connectivity index (χ3v) is 8.07. The molecular weight excluding hydrogens is 252 g/mol. The fourth-order valence-electron chi connectivity index (χ4n) is 4.54. The molecule has 0 aliphatic heterocycles. The molecule has 0 aromatic heterocycles. The molecule has 2 nitrogen and oxygen atoms in total. The van der Waals surface area contributed by atoms with E-state index in [-0.39, 0.29) is 11.8 Å². The van der Waals surface area contributed by atoms with Gasteiger partial charge in [0.05, 0.1) is 0 Å². The maximum atomic E-state index is 12.3. The van der Waals surface area contributed by atoms with Gasteiger partial charge in [-0.25, -0.2) is 0 Å². The molecule has 3 heteroatoms. The molecular formula is C16H30O2Si. The third kappa shape index (κ3) is 3.30.